The molecule has 2 aromatic carbocycles. The van der Waals surface area contributed by atoms with E-state index in [1.165, 1.54) is 11.3 Å². The molecule has 0 N–H and O–H groups in total. The maximum atomic E-state index is 12.3. The van der Waals surface area contributed by atoms with Crippen LogP contribution in [0.4, 0.5) is 0 Å². The van der Waals surface area contributed by atoms with Gasteiger partial charge in [-0.3, -0.25) is 4.79 Å². The molecule has 4 nitrogen and oxygen atoms in total. The molecule has 114 valence electrons. The molecule has 3 rings (SSSR count). The number of nitriles is 1. The molecule has 23 heavy (non-hydrogen) atoms. The van der Waals surface area contributed by atoms with Crippen molar-refractivity contribution in [1.29, 1.82) is 5.26 Å². The largest absolute Gasteiger partial charge is 0.317 e. The van der Waals surface area contributed by atoms with Gasteiger partial charge in [-0.2, -0.15) is 10.3 Å². The molecule has 1 aromatic heterocycles. The molecule has 0 aliphatic heterocycles. The molecule has 0 unspecified atom stereocenters. The van der Waals surface area contributed by atoms with E-state index in [0.717, 1.165) is 10.2 Å². The Hall–Kier alpha value is -2.42. The van der Waals surface area contributed by atoms with E-state index in [2.05, 4.69) is 4.99 Å². The van der Waals surface area contributed by atoms with Crippen molar-refractivity contribution in [2.24, 2.45) is 4.99 Å². The van der Waals surface area contributed by atoms with Crippen LogP contribution >= 0.6 is 22.9 Å². The average Bonchev–Trinajstić information content (AvgIpc) is 2.90. The van der Waals surface area contributed by atoms with Gasteiger partial charge in [-0.15, -0.1) is 0 Å². The van der Waals surface area contributed by atoms with Crippen LogP contribution in [0.3, 0.4) is 0 Å². The summed E-state index contributed by atoms with van der Waals surface area (Å²) >= 11 is 7.46. The second-order valence-electron chi connectivity index (χ2n) is 4.85. The van der Waals surface area contributed by atoms with Crippen LogP contribution in [0.2, 0.25) is 5.02 Å². The van der Waals surface area contributed by atoms with Crippen molar-refractivity contribution in [3.63, 3.8) is 0 Å². The van der Waals surface area contributed by atoms with Crippen molar-refractivity contribution in [3.05, 3.63) is 63.4 Å². The first-order valence-electron chi connectivity index (χ1n) is 7.00. The number of hydrogen-bond acceptors (Lipinski definition) is 3. The van der Waals surface area contributed by atoms with Crippen molar-refractivity contribution in [3.8, 4) is 6.07 Å². The van der Waals surface area contributed by atoms with Crippen molar-refractivity contribution in [1.82, 2.24) is 4.57 Å². The first kappa shape index (κ1) is 15.5. The second-order valence-corrected chi connectivity index (χ2v) is 6.29. The summed E-state index contributed by atoms with van der Waals surface area (Å²) in [5.74, 6) is -0.325. The van der Waals surface area contributed by atoms with Gasteiger partial charge in [0, 0.05) is 17.1 Å². The Morgan fingerprint density at radius 1 is 1.30 bits per heavy atom. The fourth-order valence-corrected chi connectivity index (χ4v) is 3.65. The van der Waals surface area contributed by atoms with Crippen LogP contribution in [0, 0.1) is 11.3 Å². The van der Waals surface area contributed by atoms with Crippen molar-refractivity contribution < 1.29 is 4.79 Å². The normalized spacial score (nSPS) is 11.6. The molecule has 6 heteroatoms. The van der Waals surface area contributed by atoms with Crippen molar-refractivity contribution >= 4 is 39.1 Å². The number of fused-ring (bicyclic) bond motifs is 1. The van der Waals surface area contributed by atoms with Crippen LogP contribution in [0.15, 0.2) is 47.5 Å². The molecular formula is C17H12ClN3OS. The molecule has 0 fully saturated rings. The minimum Gasteiger partial charge on any atom is -0.317 e. The lowest BCUT2D eigenvalue weighted by Crippen LogP contribution is -2.15. The fourth-order valence-electron chi connectivity index (χ4n) is 2.28. The molecule has 0 aliphatic carbocycles. The van der Waals surface area contributed by atoms with E-state index in [0.29, 0.717) is 27.5 Å². The van der Waals surface area contributed by atoms with E-state index in [1.807, 2.05) is 35.8 Å². The SMILES string of the molecule is CCn1c(=NC(=O)c2ccc(C#N)cc2)sc2cc(Cl)ccc21. The lowest BCUT2D eigenvalue weighted by atomic mass is 10.1. The minimum atomic E-state index is -0.325. The molecule has 3 aromatic rings. The van der Waals surface area contributed by atoms with E-state index in [4.69, 9.17) is 16.9 Å². The van der Waals surface area contributed by atoms with Crippen molar-refractivity contribution in [2.45, 2.75) is 13.5 Å². The topological polar surface area (TPSA) is 58.1 Å². The highest BCUT2D eigenvalue weighted by Gasteiger charge is 2.09. The van der Waals surface area contributed by atoms with Gasteiger partial charge >= 0.3 is 0 Å². The molecule has 0 bridgehead atoms. The number of amides is 1. The second kappa shape index (κ2) is 6.37. The van der Waals surface area contributed by atoms with E-state index in [1.54, 1.807) is 24.3 Å². The van der Waals surface area contributed by atoms with Crippen LogP contribution < -0.4 is 4.80 Å². The number of hydrogen-bond donors (Lipinski definition) is 0. The first-order valence-corrected chi connectivity index (χ1v) is 8.20. The standard InChI is InChI=1S/C17H12ClN3OS/c1-2-21-14-8-7-13(18)9-15(14)23-17(21)20-16(22)12-5-3-11(10-19)4-6-12/h3-9H,2H2,1H3. The molecule has 1 heterocycles. The number of aryl methyl sites for hydroxylation is 1. The molecular weight excluding hydrogens is 330 g/mol. The summed E-state index contributed by atoms with van der Waals surface area (Å²) in [7, 11) is 0. The summed E-state index contributed by atoms with van der Waals surface area (Å²) < 4.78 is 2.98. The maximum absolute atomic E-state index is 12.3. The summed E-state index contributed by atoms with van der Waals surface area (Å²) in [5.41, 5.74) is 1.98. The van der Waals surface area contributed by atoms with E-state index < -0.39 is 0 Å². The zero-order valence-corrected chi connectivity index (χ0v) is 13.9. The van der Waals surface area contributed by atoms with Gasteiger partial charge in [-0.1, -0.05) is 22.9 Å². The molecule has 0 atom stereocenters. The Morgan fingerprint density at radius 3 is 2.70 bits per heavy atom. The Labute approximate surface area is 141 Å². The zero-order chi connectivity index (χ0) is 16.4. The maximum Gasteiger partial charge on any atom is 0.279 e. The average molecular weight is 342 g/mol. The van der Waals surface area contributed by atoms with Gasteiger partial charge in [-0.05, 0) is 49.4 Å². The van der Waals surface area contributed by atoms with Crippen LogP contribution in [0.1, 0.15) is 22.8 Å². The number of benzene rings is 2. The zero-order valence-electron chi connectivity index (χ0n) is 12.3. The van der Waals surface area contributed by atoms with Crippen LogP contribution in [0.25, 0.3) is 10.2 Å². The Balaban J connectivity index is 2.09. The third kappa shape index (κ3) is 3.04. The van der Waals surface area contributed by atoms with E-state index >= 15 is 0 Å². The first-order chi connectivity index (χ1) is 11.1. The van der Waals surface area contributed by atoms with Gasteiger partial charge < -0.3 is 4.57 Å². The lowest BCUT2D eigenvalue weighted by molar-refractivity contribution is 0.0998. The molecule has 1 amide bonds. The lowest BCUT2D eigenvalue weighted by Gasteiger charge is -2.00. The summed E-state index contributed by atoms with van der Waals surface area (Å²) in [4.78, 5) is 17.2. The summed E-state index contributed by atoms with van der Waals surface area (Å²) in [6.45, 7) is 2.72. The monoisotopic (exact) mass is 341 g/mol. The summed E-state index contributed by atoms with van der Waals surface area (Å²) in [6, 6.07) is 14.1. The number of rotatable bonds is 2. The highest BCUT2D eigenvalue weighted by atomic mass is 35.5. The van der Waals surface area contributed by atoms with E-state index in [9.17, 15) is 4.79 Å². The number of carbonyl (C=O) groups is 1. The Kier molecular flexibility index (Phi) is 4.28. The van der Waals surface area contributed by atoms with Gasteiger partial charge in [0.2, 0.25) is 0 Å². The molecule has 0 spiro atoms. The smallest absolute Gasteiger partial charge is 0.279 e. The number of carbonyl (C=O) groups excluding carboxylic acids is 1. The van der Waals surface area contributed by atoms with Crippen molar-refractivity contribution in [2.75, 3.05) is 0 Å². The van der Waals surface area contributed by atoms with Crippen LogP contribution in [0.5, 0.6) is 0 Å². The number of aromatic nitrogens is 1. The Morgan fingerprint density at radius 2 is 2.04 bits per heavy atom. The third-order valence-electron chi connectivity index (χ3n) is 3.42. The molecule has 0 saturated carbocycles. The number of halogens is 1. The molecule has 0 aliphatic rings. The predicted molar refractivity (Wildman–Crippen MR) is 91.5 cm³/mol. The number of thiazole rings is 1. The van der Waals surface area contributed by atoms with Crippen LogP contribution in [-0.4, -0.2) is 10.5 Å². The molecule has 0 radical (unpaired) electrons. The summed E-state index contributed by atoms with van der Waals surface area (Å²) in [5, 5.41) is 9.46. The summed E-state index contributed by atoms with van der Waals surface area (Å²) in [6.07, 6.45) is 0. The van der Waals surface area contributed by atoms with Gasteiger partial charge in [0.05, 0.1) is 21.8 Å². The highest BCUT2D eigenvalue weighted by Crippen LogP contribution is 2.21. The highest BCUT2D eigenvalue weighted by molar-refractivity contribution is 7.16. The minimum absolute atomic E-state index is 0.325. The van der Waals surface area contributed by atoms with Crippen LogP contribution in [-0.2, 0) is 6.54 Å². The van der Waals surface area contributed by atoms with Gasteiger partial charge in [0.1, 0.15) is 0 Å². The quantitative estimate of drug-likeness (QED) is 0.707. The fraction of sp³-hybridized carbons (Fsp3) is 0.118. The predicted octanol–water partition coefficient (Wildman–Crippen LogP) is 3.99. The number of nitrogens with zero attached hydrogens (tertiary/aromatic N) is 3. The van der Waals surface area contributed by atoms with Gasteiger partial charge in [0.15, 0.2) is 4.80 Å². The van der Waals surface area contributed by atoms with Gasteiger partial charge in [0.25, 0.3) is 5.91 Å². The third-order valence-corrected chi connectivity index (χ3v) is 4.70. The van der Waals surface area contributed by atoms with E-state index in [-0.39, 0.29) is 5.91 Å². The van der Waals surface area contributed by atoms with Gasteiger partial charge in [-0.25, -0.2) is 0 Å². The Bertz CT molecular complexity index is 993. The molecule has 0 saturated heterocycles.